The third-order valence-corrected chi connectivity index (χ3v) is 6.95. The molecule has 1 aromatic carbocycles. The van der Waals surface area contributed by atoms with Crippen molar-refractivity contribution < 1.29 is 4.79 Å². The number of benzene rings is 1. The van der Waals surface area contributed by atoms with Crippen molar-refractivity contribution in [3.05, 3.63) is 52.6 Å². The smallest absolute Gasteiger partial charge is 0.322 e. The highest BCUT2D eigenvalue weighted by atomic mass is 16.2. The average Bonchev–Trinajstić information content (AvgIpc) is 3.25. The van der Waals surface area contributed by atoms with Crippen LogP contribution >= 0.6 is 0 Å². The number of nitrogens with zero attached hydrogens (tertiary/aromatic N) is 4. The fraction of sp³-hybridized carbons (Fsp3) is 0.522. The second kappa shape index (κ2) is 9.01. The third kappa shape index (κ3) is 4.41. The molecule has 3 fully saturated rings. The second-order valence-corrected chi connectivity index (χ2v) is 9.04. The van der Waals surface area contributed by atoms with Crippen molar-refractivity contribution in [2.24, 2.45) is 17.8 Å². The summed E-state index contributed by atoms with van der Waals surface area (Å²) in [5.74, 6) is 2.85. The molecule has 3 heterocycles. The van der Waals surface area contributed by atoms with Crippen molar-refractivity contribution >= 4 is 11.8 Å². The van der Waals surface area contributed by atoms with Gasteiger partial charge in [-0.05, 0) is 55.1 Å². The normalized spacial score (nSPS) is 24.9. The summed E-state index contributed by atoms with van der Waals surface area (Å²) >= 11 is 0. The summed E-state index contributed by atoms with van der Waals surface area (Å²) in [4.78, 5) is 33.2. The van der Waals surface area contributed by atoms with Gasteiger partial charge >= 0.3 is 11.7 Å². The highest BCUT2D eigenvalue weighted by molar-refractivity contribution is 5.88. The van der Waals surface area contributed by atoms with E-state index in [2.05, 4.69) is 38.0 Å². The van der Waals surface area contributed by atoms with Gasteiger partial charge in [-0.3, -0.25) is 14.8 Å². The molecule has 0 bridgehead atoms. The van der Waals surface area contributed by atoms with Crippen molar-refractivity contribution in [2.45, 2.75) is 6.54 Å². The Morgan fingerprint density at radius 3 is 2.50 bits per heavy atom. The van der Waals surface area contributed by atoms with Crippen molar-refractivity contribution in [2.75, 3.05) is 58.2 Å². The van der Waals surface area contributed by atoms with Crippen LogP contribution in [-0.4, -0.2) is 78.2 Å². The Bertz CT molecular complexity index is 1000. The van der Waals surface area contributed by atoms with Gasteiger partial charge in [0.25, 0.3) is 0 Å². The van der Waals surface area contributed by atoms with Gasteiger partial charge < -0.3 is 15.5 Å². The van der Waals surface area contributed by atoms with Crippen LogP contribution in [0.15, 0.2) is 41.3 Å². The fourth-order valence-corrected chi connectivity index (χ4v) is 5.15. The average molecular weight is 438 g/mol. The van der Waals surface area contributed by atoms with Crippen LogP contribution in [0.25, 0.3) is 5.69 Å². The lowest BCUT2D eigenvalue weighted by molar-refractivity contribution is 0.204. The summed E-state index contributed by atoms with van der Waals surface area (Å²) < 4.78 is 1.50. The monoisotopic (exact) mass is 437 g/mol. The maximum atomic E-state index is 12.6. The van der Waals surface area contributed by atoms with Crippen LogP contribution in [0, 0.1) is 17.8 Å². The molecule has 1 aromatic heterocycles. The van der Waals surface area contributed by atoms with E-state index < -0.39 is 5.69 Å². The zero-order chi connectivity index (χ0) is 22.1. The Kier molecular flexibility index (Phi) is 5.95. The van der Waals surface area contributed by atoms with Gasteiger partial charge in [0.2, 0.25) is 0 Å². The first-order valence-electron chi connectivity index (χ1n) is 11.4. The second-order valence-electron chi connectivity index (χ2n) is 9.04. The molecule has 0 spiro atoms. The summed E-state index contributed by atoms with van der Waals surface area (Å²) in [7, 11) is 2.03. The Labute approximate surface area is 187 Å². The minimum atomic E-state index is -0.411. The third-order valence-electron chi connectivity index (χ3n) is 6.95. The maximum absolute atomic E-state index is 12.6. The molecular formula is C23H31N7O2. The Balaban J connectivity index is 1.18. The molecule has 3 aliphatic rings. The number of hydrogen-bond donors (Lipinski definition) is 3. The minimum Gasteiger partial charge on any atom is -0.322 e. The lowest BCUT2D eigenvalue weighted by Crippen LogP contribution is -2.48. The molecule has 9 heteroatoms. The molecule has 9 nitrogen and oxygen atoms in total. The van der Waals surface area contributed by atoms with Gasteiger partial charge in [-0.15, -0.1) is 0 Å². The van der Waals surface area contributed by atoms with Crippen LogP contribution in [-0.2, 0) is 6.54 Å². The van der Waals surface area contributed by atoms with Crippen LogP contribution in [0.3, 0.4) is 0 Å². The number of hydrogen-bond acceptors (Lipinski definition) is 6. The van der Waals surface area contributed by atoms with Crippen LogP contribution in [0.1, 0.15) is 5.56 Å². The van der Waals surface area contributed by atoms with E-state index in [1.807, 2.05) is 19.2 Å². The van der Waals surface area contributed by atoms with Gasteiger partial charge in [0.05, 0.1) is 5.69 Å². The number of piperidine rings is 1. The number of carbonyl (C=O) groups excluding carboxylic acids is 1. The lowest BCUT2D eigenvalue weighted by Gasteiger charge is -2.27. The standard InChI is InChI=1S/C23H31N7O2/c1-24-12-18-19-14-28(15-20(18)19)13-16-2-4-17(5-3-16)30-9-6-21(27-23(30)32)26-22(31)29-10-7-25-8-11-29/h2-6,9,18-20,24-25H,7-8,10-15H2,1H3,(H,26,27,31,32)/t18?,19-,20+. The van der Waals surface area contributed by atoms with Gasteiger partial charge in [-0.2, -0.15) is 4.98 Å². The Morgan fingerprint density at radius 2 is 1.84 bits per heavy atom. The summed E-state index contributed by atoms with van der Waals surface area (Å²) in [6.45, 7) is 7.28. The van der Waals surface area contributed by atoms with E-state index in [-0.39, 0.29) is 11.8 Å². The molecule has 1 unspecified atom stereocenters. The molecule has 1 aliphatic carbocycles. The summed E-state index contributed by atoms with van der Waals surface area (Å²) in [6, 6.07) is 9.51. The number of nitrogens with one attached hydrogen (secondary N) is 3. The van der Waals surface area contributed by atoms with Crippen molar-refractivity contribution in [1.82, 2.24) is 30.0 Å². The molecule has 2 saturated heterocycles. The first kappa shape index (κ1) is 21.1. The number of aromatic nitrogens is 2. The number of carbonyl (C=O) groups is 1. The van der Waals surface area contributed by atoms with Crippen molar-refractivity contribution in [3.8, 4) is 5.69 Å². The Morgan fingerprint density at radius 1 is 1.12 bits per heavy atom. The van der Waals surface area contributed by atoms with Crippen molar-refractivity contribution in [1.29, 1.82) is 0 Å². The molecular weight excluding hydrogens is 406 g/mol. The number of anilines is 1. The first-order chi connectivity index (χ1) is 15.6. The van der Waals surface area contributed by atoms with E-state index in [1.54, 1.807) is 17.2 Å². The van der Waals surface area contributed by atoms with E-state index in [1.165, 1.54) is 23.2 Å². The minimum absolute atomic E-state index is 0.225. The molecule has 32 heavy (non-hydrogen) atoms. The predicted octanol–water partition coefficient (Wildman–Crippen LogP) is 0.567. The van der Waals surface area contributed by atoms with E-state index in [0.717, 1.165) is 49.6 Å². The Hall–Kier alpha value is -2.75. The van der Waals surface area contributed by atoms with Gasteiger partial charge in [0.15, 0.2) is 0 Å². The summed E-state index contributed by atoms with van der Waals surface area (Å²) in [5, 5.41) is 9.23. The van der Waals surface area contributed by atoms with E-state index >= 15 is 0 Å². The van der Waals surface area contributed by atoms with Crippen LogP contribution in [0.4, 0.5) is 10.6 Å². The van der Waals surface area contributed by atoms with Gasteiger partial charge in [0, 0.05) is 52.0 Å². The zero-order valence-electron chi connectivity index (χ0n) is 18.5. The topological polar surface area (TPSA) is 94.5 Å². The molecule has 3 N–H and O–H groups in total. The van der Waals surface area contributed by atoms with E-state index in [4.69, 9.17) is 0 Å². The van der Waals surface area contributed by atoms with Crippen LogP contribution < -0.4 is 21.6 Å². The van der Waals surface area contributed by atoms with Gasteiger partial charge in [0.1, 0.15) is 5.82 Å². The maximum Gasteiger partial charge on any atom is 0.354 e. The SMILES string of the molecule is CNCC1[C@H]2CN(Cc3ccc(-n4ccc(NC(=O)N5CCNCC5)nc4=O)cc3)C[C@@H]12. The number of fused-ring (bicyclic) bond motifs is 1. The quantitative estimate of drug-likeness (QED) is 0.612. The number of likely N-dealkylation sites (tertiary alicyclic amines) is 1. The number of amides is 2. The predicted molar refractivity (Wildman–Crippen MR) is 123 cm³/mol. The van der Waals surface area contributed by atoms with Crippen LogP contribution in [0.5, 0.6) is 0 Å². The molecule has 170 valence electrons. The highest BCUT2D eigenvalue weighted by Gasteiger charge is 2.54. The number of rotatable bonds is 6. The number of urea groups is 1. The first-order valence-corrected chi connectivity index (χ1v) is 11.4. The van der Waals surface area contributed by atoms with Gasteiger partial charge in [-0.1, -0.05) is 12.1 Å². The molecule has 0 radical (unpaired) electrons. The summed E-state index contributed by atoms with van der Waals surface area (Å²) in [5.41, 5.74) is 1.61. The van der Waals surface area contributed by atoms with E-state index in [0.29, 0.717) is 13.1 Å². The van der Waals surface area contributed by atoms with Gasteiger partial charge in [-0.25, -0.2) is 9.59 Å². The molecule has 2 aliphatic heterocycles. The molecule has 5 rings (SSSR count). The zero-order valence-corrected chi connectivity index (χ0v) is 18.5. The van der Waals surface area contributed by atoms with Crippen LogP contribution in [0.2, 0.25) is 0 Å². The number of piperazine rings is 1. The highest BCUT2D eigenvalue weighted by Crippen LogP contribution is 2.51. The van der Waals surface area contributed by atoms with E-state index in [9.17, 15) is 9.59 Å². The molecule has 3 atom stereocenters. The largest absolute Gasteiger partial charge is 0.354 e. The summed E-state index contributed by atoms with van der Waals surface area (Å²) in [6.07, 6.45) is 1.66. The lowest BCUT2D eigenvalue weighted by atomic mass is 10.1. The van der Waals surface area contributed by atoms with Crippen molar-refractivity contribution in [3.63, 3.8) is 0 Å². The molecule has 2 amide bonds. The molecule has 2 aromatic rings. The fourth-order valence-electron chi connectivity index (χ4n) is 5.15. The molecule has 1 saturated carbocycles.